The van der Waals surface area contributed by atoms with Crippen LogP contribution in [-0.4, -0.2) is 25.7 Å². The van der Waals surface area contributed by atoms with Crippen LogP contribution in [0, 0.1) is 0 Å². The number of fused-ring (bicyclic) bond motifs is 2. The molecule has 5 rings (SSSR count). The molecule has 5 aromatic rings. The van der Waals surface area contributed by atoms with Crippen LogP contribution < -0.4 is 16.1 Å². The van der Waals surface area contributed by atoms with Gasteiger partial charge >= 0.3 is 5.69 Å². The lowest BCUT2D eigenvalue weighted by Crippen LogP contribution is -2.37. The number of imidazole rings is 1. The highest BCUT2D eigenvalue weighted by atomic mass is 16.2. The van der Waals surface area contributed by atoms with E-state index in [1.165, 1.54) is 11.6 Å². The molecule has 0 saturated heterocycles. The predicted octanol–water partition coefficient (Wildman–Crippen LogP) is 3.27. The normalized spacial score (nSPS) is 11.4. The van der Waals surface area contributed by atoms with Gasteiger partial charge in [-0.1, -0.05) is 72.8 Å². The second-order valence-corrected chi connectivity index (χ2v) is 8.36. The van der Waals surface area contributed by atoms with Crippen molar-refractivity contribution in [2.45, 2.75) is 13.1 Å². The summed E-state index contributed by atoms with van der Waals surface area (Å²) >= 11 is 0. The van der Waals surface area contributed by atoms with E-state index in [0.29, 0.717) is 30.2 Å². The predicted molar refractivity (Wildman–Crippen MR) is 132 cm³/mol. The molecule has 0 atom stereocenters. The zero-order valence-electron chi connectivity index (χ0n) is 18.9. The molecular weight excluding hydrogens is 414 g/mol. The second kappa shape index (κ2) is 8.09. The first kappa shape index (κ1) is 20.8. The van der Waals surface area contributed by atoms with E-state index in [2.05, 4.69) is 36.4 Å². The number of anilines is 1. The van der Waals surface area contributed by atoms with E-state index in [4.69, 9.17) is 4.98 Å². The molecule has 0 unspecified atom stereocenters. The monoisotopic (exact) mass is 439 g/mol. The summed E-state index contributed by atoms with van der Waals surface area (Å²) in [5.74, 6) is 0.639. The molecule has 0 saturated carbocycles. The maximum Gasteiger partial charge on any atom is 0.332 e. The van der Waals surface area contributed by atoms with Gasteiger partial charge < -0.3 is 4.90 Å². The van der Waals surface area contributed by atoms with Crippen LogP contribution in [0.3, 0.4) is 0 Å². The van der Waals surface area contributed by atoms with Crippen molar-refractivity contribution in [2.75, 3.05) is 11.9 Å². The SMILES string of the molecule is CN(Cc1ccccc1)c1nc2c(c(=O)n(C)c(=O)n2C)n1Cc1cccc2ccccc12. The minimum Gasteiger partial charge on any atom is -0.341 e. The molecule has 0 spiro atoms. The summed E-state index contributed by atoms with van der Waals surface area (Å²) in [6, 6.07) is 24.5. The fourth-order valence-corrected chi connectivity index (χ4v) is 4.40. The molecule has 3 aromatic carbocycles. The fourth-order valence-electron chi connectivity index (χ4n) is 4.40. The minimum absolute atomic E-state index is 0.347. The highest BCUT2D eigenvalue weighted by molar-refractivity contribution is 5.86. The average Bonchev–Trinajstić information content (AvgIpc) is 3.22. The molecule has 0 aliphatic carbocycles. The van der Waals surface area contributed by atoms with Crippen molar-refractivity contribution in [3.05, 3.63) is 105 Å². The molecule has 7 heteroatoms. The van der Waals surface area contributed by atoms with Gasteiger partial charge in [-0.3, -0.25) is 18.5 Å². The maximum atomic E-state index is 13.2. The largest absolute Gasteiger partial charge is 0.341 e. The van der Waals surface area contributed by atoms with Crippen LogP contribution in [-0.2, 0) is 27.2 Å². The van der Waals surface area contributed by atoms with E-state index in [0.717, 1.165) is 26.5 Å². The summed E-state index contributed by atoms with van der Waals surface area (Å²) in [6.07, 6.45) is 0. The van der Waals surface area contributed by atoms with E-state index in [-0.39, 0.29) is 11.2 Å². The lowest BCUT2D eigenvalue weighted by molar-refractivity contribution is 0.702. The van der Waals surface area contributed by atoms with Crippen LogP contribution in [0.25, 0.3) is 21.9 Å². The Kier molecular flexibility index (Phi) is 5.09. The van der Waals surface area contributed by atoms with Crippen molar-refractivity contribution in [2.24, 2.45) is 14.1 Å². The molecule has 0 aliphatic heterocycles. The van der Waals surface area contributed by atoms with Gasteiger partial charge in [0.05, 0.1) is 6.54 Å². The summed E-state index contributed by atoms with van der Waals surface area (Å²) < 4.78 is 4.52. The van der Waals surface area contributed by atoms with Crippen molar-refractivity contribution >= 4 is 27.9 Å². The Morgan fingerprint density at radius 1 is 0.848 bits per heavy atom. The molecule has 166 valence electrons. The summed E-state index contributed by atoms with van der Waals surface area (Å²) in [5, 5.41) is 2.26. The highest BCUT2D eigenvalue weighted by Crippen LogP contribution is 2.25. The molecule has 33 heavy (non-hydrogen) atoms. The van der Waals surface area contributed by atoms with E-state index < -0.39 is 0 Å². The Hall–Kier alpha value is -4.13. The Morgan fingerprint density at radius 3 is 2.33 bits per heavy atom. The van der Waals surface area contributed by atoms with Gasteiger partial charge in [0.15, 0.2) is 11.2 Å². The third-order valence-electron chi connectivity index (χ3n) is 6.14. The van der Waals surface area contributed by atoms with Gasteiger partial charge in [-0.2, -0.15) is 4.98 Å². The number of hydrogen-bond donors (Lipinski definition) is 0. The van der Waals surface area contributed by atoms with E-state index in [1.807, 2.05) is 52.9 Å². The minimum atomic E-state index is -0.389. The van der Waals surface area contributed by atoms with Gasteiger partial charge in [0.2, 0.25) is 5.95 Å². The Balaban J connectivity index is 1.73. The van der Waals surface area contributed by atoms with Gasteiger partial charge in [0, 0.05) is 27.7 Å². The first-order chi connectivity index (χ1) is 16.0. The first-order valence-corrected chi connectivity index (χ1v) is 10.8. The van der Waals surface area contributed by atoms with Crippen LogP contribution in [0.15, 0.2) is 82.4 Å². The van der Waals surface area contributed by atoms with Crippen molar-refractivity contribution in [1.29, 1.82) is 0 Å². The van der Waals surface area contributed by atoms with E-state index in [9.17, 15) is 9.59 Å². The number of aromatic nitrogens is 4. The molecule has 2 heterocycles. The fraction of sp³-hybridized carbons (Fsp3) is 0.192. The number of aryl methyl sites for hydroxylation is 1. The maximum absolute atomic E-state index is 13.2. The summed E-state index contributed by atoms with van der Waals surface area (Å²) in [6.45, 7) is 1.08. The van der Waals surface area contributed by atoms with Crippen molar-refractivity contribution in [3.63, 3.8) is 0 Å². The zero-order valence-corrected chi connectivity index (χ0v) is 18.9. The third kappa shape index (κ3) is 3.51. The van der Waals surface area contributed by atoms with E-state index >= 15 is 0 Å². The lowest BCUT2D eigenvalue weighted by Gasteiger charge is -2.20. The van der Waals surface area contributed by atoms with Gasteiger partial charge in [-0.15, -0.1) is 0 Å². The average molecular weight is 440 g/mol. The van der Waals surface area contributed by atoms with E-state index in [1.54, 1.807) is 7.05 Å². The molecule has 2 aromatic heterocycles. The molecule has 0 N–H and O–H groups in total. The standard InChI is InChI=1S/C26H25N5O2/c1-28(16-18-10-5-4-6-11-18)25-27-23-22(24(32)30(3)26(33)29(23)2)31(25)17-20-14-9-13-19-12-7-8-15-21(19)20/h4-15H,16-17H2,1-3H3. The van der Waals surface area contributed by atoms with Crippen LogP contribution in [0.4, 0.5) is 5.95 Å². The second-order valence-electron chi connectivity index (χ2n) is 8.36. The molecule has 0 amide bonds. The number of benzene rings is 3. The third-order valence-corrected chi connectivity index (χ3v) is 6.14. The van der Waals surface area contributed by atoms with Crippen molar-refractivity contribution in [1.82, 2.24) is 18.7 Å². The number of rotatable bonds is 5. The Labute approximate surface area is 190 Å². The van der Waals surface area contributed by atoms with Crippen LogP contribution in [0.1, 0.15) is 11.1 Å². The Bertz CT molecular complexity index is 1590. The van der Waals surface area contributed by atoms with Crippen LogP contribution in [0.2, 0.25) is 0 Å². The van der Waals surface area contributed by atoms with Gasteiger partial charge in [0.1, 0.15) is 0 Å². The smallest absolute Gasteiger partial charge is 0.332 e. The van der Waals surface area contributed by atoms with Crippen LogP contribution >= 0.6 is 0 Å². The molecule has 0 aliphatic rings. The summed E-state index contributed by atoms with van der Waals surface area (Å²) in [5.41, 5.74) is 2.28. The topological polar surface area (TPSA) is 65.1 Å². The van der Waals surface area contributed by atoms with Crippen LogP contribution in [0.5, 0.6) is 0 Å². The molecule has 7 nitrogen and oxygen atoms in total. The number of hydrogen-bond acceptors (Lipinski definition) is 4. The van der Waals surface area contributed by atoms with Crippen molar-refractivity contribution < 1.29 is 0 Å². The molecular formula is C26H25N5O2. The zero-order chi connectivity index (χ0) is 23.1. The molecule has 0 fully saturated rings. The van der Waals surface area contributed by atoms with Gasteiger partial charge in [-0.05, 0) is 21.9 Å². The highest BCUT2D eigenvalue weighted by Gasteiger charge is 2.22. The lowest BCUT2D eigenvalue weighted by atomic mass is 10.0. The first-order valence-electron chi connectivity index (χ1n) is 10.8. The van der Waals surface area contributed by atoms with Gasteiger partial charge in [-0.25, -0.2) is 4.79 Å². The number of nitrogens with zero attached hydrogens (tertiary/aromatic N) is 5. The Morgan fingerprint density at radius 2 is 1.55 bits per heavy atom. The van der Waals surface area contributed by atoms with Crippen molar-refractivity contribution in [3.8, 4) is 0 Å². The molecule has 0 bridgehead atoms. The quantitative estimate of drug-likeness (QED) is 0.422. The van der Waals surface area contributed by atoms with Gasteiger partial charge in [0.25, 0.3) is 5.56 Å². The summed E-state index contributed by atoms with van der Waals surface area (Å²) in [4.78, 5) is 32.6. The molecule has 0 radical (unpaired) electrons. The summed E-state index contributed by atoms with van der Waals surface area (Å²) in [7, 11) is 5.11.